The number of nitrogens with zero attached hydrogens (tertiary/aromatic N) is 2. The third-order valence-electron chi connectivity index (χ3n) is 6.83. The number of carbonyl (C=O) groups is 1. The number of pyridine rings is 1. The van der Waals surface area contributed by atoms with E-state index in [1.54, 1.807) is 55.5 Å². The van der Waals surface area contributed by atoms with E-state index in [9.17, 15) is 18.0 Å². The second-order valence-electron chi connectivity index (χ2n) is 11.2. The molecule has 1 aliphatic carbocycles. The zero-order valence-corrected chi connectivity index (χ0v) is 24.8. The Morgan fingerprint density at radius 1 is 1.12 bits per heavy atom. The van der Waals surface area contributed by atoms with Gasteiger partial charge in [0.2, 0.25) is 0 Å². The number of H-pyrrole nitrogens is 1. The number of aromatic amines is 1. The monoisotopic (exact) mass is 573 g/mol. The summed E-state index contributed by atoms with van der Waals surface area (Å²) in [6.45, 7) is 9.76. The van der Waals surface area contributed by atoms with Crippen LogP contribution in [0.5, 0.6) is 5.75 Å². The smallest absolute Gasteiger partial charge is 0.412 e. The Bertz CT molecular complexity index is 1530. The summed E-state index contributed by atoms with van der Waals surface area (Å²) < 4.78 is 44.7. The van der Waals surface area contributed by atoms with Crippen molar-refractivity contribution in [3.05, 3.63) is 47.0 Å². The van der Waals surface area contributed by atoms with Gasteiger partial charge in [0.15, 0.2) is 9.84 Å². The largest absolute Gasteiger partial charge is 0.490 e. The Kier molecular flexibility index (Phi) is 8.65. The first-order valence-electron chi connectivity index (χ1n) is 13.6. The number of carbonyl (C=O) groups excluding carboxylic acids is 1. The lowest BCUT2D eigenvalue weighted by Crippen LogP contribution is -2.44. The lowest BCUT2D eigenvalue weighted by atomic mass is 9.91. The maximum Gasteiger partial charge on any atom is 0.412 e. The molecule has 1 aromatic carbocycles. The van der Waals surface area contributed by atoms with Crippen molar-refractivity contribution in [3.8, 4) is 16.9 Å². The molecule has 1 saturated carbocycles. The van der Waals surface area contributed by atoms with Gasteiger partial charge >= 0.3 is 6.09 Å². The molecule has 218 valence electrons. The number of aromatic nitrogens is 2. The number of rotatable bonds is 10. The summed E-state index contributed by atoms with van der Waals surface area (Å²) in [5.74, 6) is 0.500. The van der Waals surface area contributed by atoms with E-state index in [1.807, 2.05) is 27.7 Å². The van der Waals surface area contributed by atoms with Gasteiger partial charge in [-0.1, -0.05) is 13.8 Å². The van der Waals surface area contributed by atoms with Crippen LogP contribution in [0, 0.1) is 0 Å². The van der Waals surface area contributed by atoms with Crippen LogP contribution in [0.25, 0.3) is 22.0 Å². The normalized spacial score (nSPS) is 17.4. The van der Waals surface area contributed by atoms with Crippen LogP contribution in [0.2, 0.25) is 0 Å². The molecular weight excluding hydrogens is 534 g/mol. The second-order valence-corrected chi connectivity index (χ2v) is 13.4. The number of nitrogens with one attached hydrogen (secondary N) is 1. The molecule has 11 heteroatoms. The summed E-state index contributed by atoms with van der Waals surface area (Å²) >= 11 is 0. The van der Waals surface area contributed by atoms with Crippen LogP contribution in [0.15, 0.2) is 46.3 Å². The van der Waals surface area contributed by atoms with Gasteiger partial charge in [-0.25, -0.2) is 13.2 Å². The number of hydrogen-bond donors (Lipinski definition) is 1. The van der Waals surface area contributed by atoms with Crippen molar-refractivity contribution >= 4 is 26.8 Å². The van der Waals surface area contributed by atoms with E-state index >= 15 is 0 Å². The predicted molar refractivity (Wildman–Crippen MR) is 153 cm³/mol. The van der Waals surface area contributed by atoms with Gasteiger partial charge in [0.1, 0.15) is 29.7 Å². The number of aryl methyl sites for hydroxylation is 1. The molecule has 1 N–H and O–H groups in total. The van der Waals surface area contributed by atoms with Crippen LogP contribution in [0.1, 0.15) is 53.9 Å². The summed E-state index contributed by atoms with van der Waals surface area (Å²) in [5, 5.41) is 0.687. The van der Waals surface area contributed by atoms with Crippen LogP contribution in [0.3, 0.4) is 0 Å². The van der Waals surface area contributed by atoms with E-state index in [-0.39, 0.29) is 35.1 Å². The highest BCUT2D eigenvalue weighted by molar-refractivity contribution is 7.91. The zero-order chi connectivity index (χ0) is 29.2. The molecule has 0 spiro atoms. The molecule has 0 unspecified atom stereocenters. The van der Waals surface area contributed by atoms with E-state index in [0.717, 1.165) is 6.42 Å². The molecule has 10 nitrogen and oxygen atoms in total. The minimum atomic E-state index is -3.47. The van der Waals surface area contributed by atoms with Crippen molar-refractivity contribution in [1.29, 1.82) is 0 Å². The molecule has 1 amide bonds. The van der Waals surface area contributed by atoms with Crippen molar-refractivity contribution < 1.29 is 27.4 Å². The third kappa shape index (κ3) is 6.52. The van der Waals surface area contributed by atoms with Gasteiger partial charge in [0.25, 0.3) is 5.56 Å². The minimum absolute atomic E-state index is 0.0283. The maximum absolute atomic E-state index is 12.7. The molecule has 1 aliphatic rings. The molecule has 0 aliphatic heterocycles. The van der Waals surface area contributed by atoms with E-state index in [2.05, 4.69) is 4.98 Å². The number of benzene rings is 1. The Balaban J connectivity index is 1.52. The summed E-state index contributed by atoms with van der Waals surface area (Å²) in [7, 11) is -1.81. The van der Waals surface area contributed by atoms with Gasteiger partial charge in [-0.05, 0) is 51.5 Å². The second kappa shape index (κ2) is 11.7. The van der Waals surface area contributed by atoms with Gasteiger partial charge in [-0.3, -0.25) is 9.69 Å². The average molecular weight is 574 g/mol. The molecule has 0 saturated heterocycles. The van der Waals surface area contributed by atoms with Gasteiger partial charge in [0.05, 0.1) is 16.8 Å². The Morgan fingerprint density at radius 3 is 2.50 bits per heavy atom. The Morgan fingerprint density at radius 2 is 1.85 bits per heavy atom. The molecule has 3 aromatic rings. The SMILES string of the molecule is CCCN(COC1CC(Oc2ccc(S(=O)(=O)CC)cc2-c2cn(C)c(=O)c3[nH]ccc23)C1)C(=O)OC(C)(C)C. The molecular formula is C29H39N3O7S. The Hall–Kier alpha value is -3.31. The molecule has 0 atom stereocenters. The van der Waals surface area contributed by atoms with Gasteiger partial charge in [-0.2, -0.15) is 0 Å². The van der Waals surface area contributed by atoms with Crippen LogP contribution < -0.4 is 10.3 Å². The first kappa shape index (κ1) is 29.7. The molecule has 0 radical (unpaired) electrons. The Labute approximate surface area is 235 Å². The highest BCUT2D eigenvalue weighted by atomic mass is 32.2. The van der Waals surface area contributed by atoms with Crippen molar-refractivity contribution in [1.82, 2.24) is 14.5 Å². The predicted octanol–water partition coefficient (Wildman–Crippen LogP) is 4.86. The molecule has 40 heavy (non-hydrogen) atoms. The topological polar surface area (TPSA) is 120 Å². The van der Waals surface area contributed by atoms with Gasteiger partial charge in [-0.15, -0.1) is 0 Å². The van der Waals surface area contributed by atoms with Crippen molar-refractivity contribution in [3.63, 3.8) is 0 Å². The quantitative estimate of drug-likeness (QED) is 0.344. The highest BCUT2D eigenvalue weighted by Crippen LogP contribution is 2.39. The van der Waals surface area contributed by atoms with E-state index in [1.165, 1.54) is 4.57 Å². The fourth-order valence-corrected chi connectivity index (χ4v) is 5.50. The molecule has 2 heterocycles. The molecule has 4 rings (SSSR count). The van der Waals surface area contributed by atoms with Gasteiger partial charge in [0, 0.05) is 55.3 Å². The molecule has 0 bridgehead atoms. The first-order chi connectivity index (χ1) is 18.8. The standard InChI is InChI=1S/C29H39N3O7S/c1-7-13-32(28(34)39-29(3,4)5)18-37-19-14-20(15-19)38-25-10-9-21(40(35,36)8-2)16-23(25)24-17-31(6)27(33)26-22(24)11-12-30-26/h9-12,16-17,19-20,30H,7-8,13-15,18H2,1-6H3. The summed E-state index contributed by atoms with van der Waals surface area (Å²) in [4.78, 5) is 29.9. The number of ether oxygens (including phenoxy) is 3. The maximum atomic E-state index is 12.7. The fourth-order valence-electron chi connectivity index (χ4n) is 4.60. The molecule has 1 fully saturated rings. The minimum Gasteiger partial charge on any atom is -0.490 e. The van der Waals surface area contributed by atoms with Crippen LogP contribution >= 0.6 is 0 Å². The lowest BCUT2D eigenvalue weighted by Gasteiger charge is -2.37. The number of sulfone groups is 1. The summed E-state index contributed by atoms with van der Waals surface area (Å²) in [6, 6.07) is 6.67. The third-order valence-corrected chi connectivity index (χ3v) is 8.56. The van der Waals surface area contributed by atoms with Crippen molar-refractivity contribution in [2.24, 2.45) is 7.05 Å². The van der Waals surface area contributed by atoms with Crippen molar-refractivity contribution in [2.75, 3.05) is 19.0 Å². The summed E-state index contributed by atoms with van der Waals surface area (Å²) in [6.07, 6.45) is 4.79. The fraction of sp³-hybridized carbons (Fsp3) is 0.517. The number of hydrogen-bond acceptors (Lipinski definition) is 7. The summed E-state index contributed by atoms with van der Waals surface area (Å²) in [5.41, 5.74) is 0.970. The van der Waals surface area contributed by atoms with Crippen LogP contribution in [-0.2, 0) is 26.4 Å². The van der Waals surface area contributed by atoms with Crippen LogP contribution in [-0.4, -0.2) is 65.8 Å². The average Bonchev–Trinajstić information content (AvgIpc) is 3.36. The van der Waals surface area contributed by atoms with E-state index in [0.29, 0.717) is 47.2 Å². The molecule has 2 aromatic heterocycles. The lowest BCUT2D eigenvalue weighted by molar-refractivity contribution is -0.0958. The number of fused-ring (bicyclic) bond motifs is 1. The van der Waals surface area contributed by atoms with Crippen molar-refractivity contribution in [2.45, 2.75) is 76.6 Å². The first-order valence-corrected chi connectivity index (χ1v) is 15.3. The van der Waals surface area contributed by atoms with Crippen LogP contribution in [0.4, 0.5) is 4.79 Å². The van der Waals surface area contributed by atoms with E-state index in [4.69, 9.17) is 14.2 Å². The number of amides is 1. The highest BCUT2D eigenvalue weighted by Gasteiger charge is 2.34. The zero-order valence-electron chi connectivity index (χ0n) is 24.0. The van der Waals surface area contributed by atoms with Gasteiger partial charge < -0.3 is 23.8 Å². The van der Waals surface area contributed by atoms with E-state index < -0.39 is 21.5 Å².